The number of rotatable bonds is 7. The number of hydrogen-bond donors (Lipinski definition) is 1. The first kappa shape index (κ1) is 13.5. The molecule has 5 heteroatoms. The van der Waals surface area contributed by atoms with Crippen LogP contribution in [0, 0.1) is 5.41 Å². The zero-order valence-electron chi connectivity index (χ0n) is 11.6. The second kappa shape index (κ2) is 5.87. The number of thiazole rings is 1. The molecule has 3 rings (SSSR count). The molecule has 106 valence electrons. The van der Waals surface area contributed by atoms with Crippen LogP contribution in [0.3, 0.4) is 0 Å². The first-order valence-corrected chi connectivity index (χ1v) is 8.07. The monoisotopic (exact) mass is 281 g/mol. The fraction of sp³-hybridized carbons (Fsp3) is 0.786. The molecule has 1 unspecified atom stereocenters. The van der Waals surface area contributed by atoms with Crippen molar-refractivity contribution in [3.63, 3.8) is 0 Å². The van der Waals surface area contributed by atoms with E-state index in [1.54, 1.807) is 11.3 Å². The summed E-state index contributed by atoms with van der Waals surface area (Å²) in [5, 5.41) is 5.82. The van der Waals surface area contributed by atoms with E-state index in [4.69, 9.17) is 4.74 Å². The van der Waals surface area contributed by atoms with Crippen LogP contribution in [0.4, 0.5) is 0 Å². The lowest BCUT2D eigenvalue weighted by Gasteiger charge is -2.32. The van der Waals surface area contributed by atoms with Crippen LogP contribution < -0.4 is 5.32 Å². The lowest BCUT2D eigenvalue weighted by molar-refractivity contribution is 0.116. The maximum absolute atomic E-state index is 5.67. The maximum atomic E-state index is 5.67. The van der Waals surface area contributed by atoms with Gasteiger partial charge in [-0.1, -0.05) is 0 Å². The van der Waals surface area contributed by atoms with E-state index >= 15 is 0 Å². The summed E-state index contributed by atoms with van der Waals surface area (Å²) < 4.78 is 5.67. The minimum Gasteiger partial charge on any atom is -0.381 e. The van der Waals surface area contributed by atoms with Crippen molar-refractivity contribution in [1.82, 2.24) is 15.2 Å². The fourth-order valence-electron chi connectivity index (χ4n) is 2.84. The van der Waals surface area contributed by atoms with Crippen LogP contribution in [0.15, 0.2) is 10.9 Å². The van der Waals surface area contributed by atoms with Gasteiger partial charge in [0, 0.05) is 43.1 Å². The Morgan fingerprint density at radius 1 is 1.58 bits per heavy atom. The van der Waals surface area contributed by atoms with Crippen molar-refractivity contribution in [2.45, 2.75) is 31.8 Å². The fourth-order valence-corrected chi connectivity index (χ4v) is 3.39. The van der Waals surface area contributed by atoms with Crippen LogP contribution >= 0.6 is 11.3 Å². The Morgan fingerprint density at radius 3 is 3.11 bits per heavy atom. The molecule has 1 atom stereocenters. The highest BCUT2D eigenvalue weighted by Crippen LogP contribution is 2.31. The summed E-state index contributed by atoms with van der Waals surface area (Å²) in [6.07, 6.45) is 3.88. The Morgan fingerprint density at radius 2 is 2.47 bits per heavy atom. The van der Waals surface area contributed by atoms with Crippen molar-refractivity contribution in [2.24, 2.45) is 5.41 Å². The minimum absolute atomic E-state index is 0.299. The second-order valence-corrected chi connectivity index (χ2v) is 6.83. The second-order valence-electron chi connectivity index (χ2n) is 6.11. The van der Waals surface area contributed by atoms with Crippen LogP contribution in [0.5, 0.6) is 0 Å². The summed E-state index contributed by atoms with van der Waals surface area (Å²) >= 11 is 1.67. The minimum atomic E-state index is 0.299. The molecule has 19 heavy (non-hydrogen) atoms. The zero-order chi connectivity index (χ0) is 13.1. The van der Waals surface area contributed by atoms with E-state index in [1.807, 2.05) is 5.51 Å². The largest absolute Gasteiger partial charge is 0.381 e. The van der Waals surface area contributed by atoms with Gasteiger partial charge in [-0.05, 0) is 26.3 Å². The van der Waals surface area contributed by atoms with Gasteiger partial charge in [0.05, 0.1) is 17.8 Å². The molecule has 0 amide bonds. The Balaban J connectivity index is 1.53. The Bertz CT molecular complexity index is 385. The van der Waals surface area contributed by atoms with Crippen molar-refractivity contribution in [3.8, 4) is 0 Å². The van der Waals surface area contributed by atoms with Crippen molar-refractivity contribution in [1.29, 1.82) is 0 Å². The number of ether oxygens (including phenoxy) is 1. The van der Waals surface area contributed by atoms with E-state index in [0.29, 0.717) is 5.41 Å². The lowest BCUT2D eigenvalue weighted by atomic mass is 9.86. The molecule has 1 aromatic heterocycles. The van der Waals surface area contributed by atoms with Crippen LogP contribution in [0.25, 0.3) is 0 Å². The van der Waals surface area contributed by atoms with Gasteiger partial charge >= 0.3 is 0 Å². The standard InChI is InChI=1S/C14H23N3OS/c1-17(6-13-7-19-11-16-13)9-14(4-5-18-10-14)8-15-12-2-3-12/h7,11-12,15H,2-6,8-10H2,1H3. The van der Waals surface area contributed by atoms with Gasteiger partial charge in [-0.2, -0.15) is 0 Å². The molecule has 0 radical (unpaired) electrons. The SMILES string of the molecule is CN(Cc1cscn1)CC1(CNC2CC2)CCOC1. The molecule has 0 aromatic carbocycles. The van der Waals surface area contributed by atoms with Gasteiger partial charge in [0.25, 0.3) is 0 Å². The number of nitrogens with one attached hydrogen (secondary N) is 1. The van der Waals surface area contributed by atoms with Gasteiger partial charge in [-0.25, -0.2) is 4.98 Å². The van der Waals surface area contributed by atoms with E-state index in [-0.39, 0.29) is 0 Å². The predicted molar refractivity (Wildman–Crippen MR) is 77.3 cm³/mol. The van der Waals surface area contributed by atoms with Crippen LogP contribution in [-0.2, 0) is 11.3 Å². The van der Waals surface area contributed by atoms with E-state index in [2.05, 4.69) is 27.6 Å². The van der Waals surface area contributed by atoms with Crippen molar-refractivity contribution in [2.75, 3.05) is 33.4 Å². The average Bonchev–Trinajstić information content (AvgIpc) is 2.87. The molecular weight excluding hydrogens is 258 g/mol. The molecule has 1 saturated carbocycles. The molecule has 4 nitrogen and oxygen atoms in total. The molecule has 1 aromatic rings. The maximum Gasteiger partial charge on any atom is 0.0795 e. The quantitative estimate of drug-likeness (QED) is 0.826. The van der Waals surface area contributed by atoms with Crippen molar-refractivity contribution in [3.05, 3.63) is 16.6 Å². The summed E-state index contributed by atoms with van der Waals surface area (Å²) in [7, 11) is 2.19. The Hall–Kier alpha value is -0.490. The molecule has 1 saturated heterocycles. The van der Waals surface area contributed by atoms with E-state index < -0.39 is 0 Å². The van der Waals surface area contributed by atoms with E-state index in [1.165, 1.54) is 25.0 Å². The normalized spacial score (nSPS) is 27.3. The van der Waals surface area contributed by atoms with Gasteiger partial charge in [0.1, 0.15) is 0 Å². The number of nitrogens with zero attached hydrogens (tertiary/aromatic N) is 2. The molecule has 0 bridgehead atoms. The van der Waals surface area contributed by atoms with E-state index in [9.17, 15) is 0 Å². The zero-order valence-corrected chi connectivity index (χ0v) is 12.4. The van der Waals surface area contributed by atoms with Gasteiger partial charge < -0.3 is 10.1 Å². The molecule has 0 spiro atoms. The smallest absolute Gasteiger partial charge is 0.0795 e. The molecule has 1 N–H and O–H groups in total. The highest BCUT2D eigenvalue weighted by atomic mass is 32.1. The number of hydrogen-bond acceptors (Lipinski definition) is 5. The molecule has 1 aliphatic carbocycles. The van der Waals surface area contributed by atoms with Gasteiger partial charge in [0.2, 0.25) is 0 Å². The molecule has 2 aliphatic rings. The Kier molecular flexibility index (Phi) is 4.17. The topological polar surface area (TPSA) is 37.4 Å². The van der Waals surface area contributed by atoms with Gasteiger partial charge in [-0.15, -0.1) is 11.3 Å². The summed E-state index contributed by atoms with van der Waals surface area (Å²) in [5.74, 6) is 0. The summed E-state index contributed by atoms with van der Waals surface area (Å²) in [6.45, 7) is 4.93. The van der Waals surface area contributed by atoms with Crippen molar-refractivity contribution < 1.29 is 4.74 Å². The Labute approximate surface area is 119 Å². The average molecular weight is 281 g/mol. The molecule has 2 fully saturated rings. The summed E-state index contributed by atoms with van der Waals surface area (Å²) in [4.78, 5) is 6.75. The first-order valence-electron chi connectivity index (χ1n) is 7.13. The highest BCUT2D eigenvalue weighted by Gasteiger charge is 2.37. The lowest BCUT2D eigenvalue weighted by Crippen LogP contribution is -2.44. The van der Waals surface area contributed by atoms with E-state index in [0.717, 1.165) is 38.9 Å². The predicted octanol–water partition coefficient (Wildman–Crippen LogP) is 1.73. The molecule has 2 heterocycles. The van der Waals surface area contributed by atoms with Crippen LogP contribution in [-0.4, -0.2) is 49.3 Å². The highest BCUT2D eigenvalue weighted by molar-refractivity contribution is 7.07. The molecule has 1 aliphatic heterocycles. The number of aromatic nitrogens is 1. The van der Waals surface area contributed by atoms with Crippen LogP contribution in [0.2, 0.25) is 0 Å². The molecular formula is C14H23N3OS. The third-order valence-electron chi connectivity index (χ3n) is 4.05. The van der Waals surface area contributed by atoms with Crippen molar-refractivity contribution >= 4 is 11.3 Å². The summed E-state index contributed by atoms with van der Waals surface area (Å²) in [5.41, 5.74) is 3.39. The summed E-state index contributed by atoms with van der Waals surface area (Å²) in [6, 6.07) is 0.779. The third kappa shape index (κ3) is 3.75. The first-order chi connectivity index (χ1) is 9.26. The third-order valence-corrected chi connectivity index (χ3v) is 4.68. The van der Waals surface area contributed by atoms with Gasteiger partial charge in [0.15, 0.2) is 0 Å². The van der Waals surface area contributed by atoms with Gasteiger partial charge in [-0.3, -0.25) is 4.90 Å². The van der Waals surface area contributed by atoms with Crippen LogP contribution in [0.1, 0.15) is 25.0 Å².